The van der Waals surface area contributed by atoms with Crippen LogP contribution in [0.1, 0.15) is 64.9 Å². The van der Waals surface area contributed by atoms with Crippen molar-refractivity contribution in [3.05, 3.63) is 23.8 Å². The van der Waals surface area contributed by atoms with E-state index >= 15 is 0 Å². The number of nitriles is 1. The summed E-state index contributed by atoms with van der Waals surface area (Å²) in [4.78, 5) is 12.8. The average molecular weight is 344 g/mol. The second-order valence-corrected chi connectivity index (χ2v) is 6.66. The minimum atomic E-state index is -0.755. The van der Waals surface area contributed by atoms with Gasteiger partial charge in [0.1, 0.15) is 17.4 Å². The van der Waals surface area contributed by atoms with Gasteiger partial charge in [0.2, 0.25) is 0 Å². The van der Waals surface area contributed by atoms with Crippen LogP contribution in [0.5, 0.6) is 5.75 Å². The van der Waals surface area contributed by atoms with E-state index in [0.717, 1.165) is 38.5 Å². The van der Waals surface area contributed by atoms with E-state index in [1.54, 1.807) is 18.2 Å². The Labute approximate surface area is 150 Å². The maximum Gasteiger partial charge on any atom is 0.256 e. The fourth-order valence-electron chi connectivity index (χ4n) is 3.03. The van der Waals surface area contributed by atoms with E-state index in [2.05, 4.69) is 11.4 Å². The van der Waals surface area contributed by atoms with E-state index in [-0.39, 0.29) is 12.0 Å². The molecule has 0 aromatic heterocycles. The lowest BCUT2D eigenvalue weighted by molar-refractivity contribution is -0.140. The highest BCUT2D eigenvalue weighted by molar-refractivity contribution is 5.98. The Morgan fingerprint density at radius 3 is 2.68 bits per heavy atom. The van der Waals surface area contributed by atoms with Crippen LogP contribution >= 0.6 is 0 Å². The lowest BCUT2D eigenvalue weighted by atomic mass is 10.00. The summed E-state index contributed by atoms with van der Waals surface area (Å²) in [7, 11) is 0. The first-order valence-corrected chi connectivity index (χ1v) is 9.21. The first kappa shape index (κ1) is 19.3. The second-order valence-electron chi connectivity index (χ2n) is 6.66. The number of ether oxygens (including phenoxy) is 2. The first-order chi connectivity index (χ1) is 12.0. The van der Waals surface area contributed by atoms with Crippen LogP contribution in [0.4, 0.5) is 5.69 Å². The van der Waals surface area contributed by atoms with Crippen LogP contribution in [-0.4, -0.2) is 24.2 Å². The van der Waals surface area contributed by atoms with E-state index < -0.39 is 5.60 Å². The van der Waals surface area contributed by atoms with Gasteiger partial charge in [-0.2, -0.15) is 5.26 Å². The van der Waals surface area contributed by atoms with Crippen LogP contribution in [0.3, 0.4) is 0 Å². The highest BCUT2D eigenvalue weighted by Crippen LogP contribution is 2.35. The highest BCUT2D eigenvalue weighted by Gasteiger charge is 2.42. The number of hydrogen-bond donors (Lipinski definition) is 1. The molecule has 0 spiro atoms. The van der Waals surface area contributed by atoms with Gasteiger partial charge >= 0.3 is 0 Å². The Hall–Kier alpha value is -2.06. The van der Waals surface area contributed by atoms with Crippen LogP contribution < -0.4 is 10.1 Å². The molecule has 1 aliphatic rings. The smallest absolute Gasteiger partial charge is 0.256 e. The summed E-state index contributed by atoms with van der Waals surface area (Å²) in [6, 6.07) is 7.34. The fraction of sp³-hybridized carbons (Fsp3) is 0.600. The van der Waals surface area contributed by atoms with Crippen molar-refractivity contribution in [1.82, 2.24) is 0 Å². The molecule has 1 amide bonds. The molecule has 0 aliphatic heterocycles. The molecule has 0 radical (unpaired) electrons. The summed E-state index contributed by atoms with van der Waals surface area (Å²) in [6.45, 7) is 6.63. The molecule has 136 valence electrons. The number of nitrogens with zero attached hydrogens (tertiary/aromatic N) is 1. The van der Waals surface area contributed by atoms with Crippen molar-refractivity contribution >= 4 is 11.6 Å². The Kier molecular flexibility index (Phi) is 6.83. The van der Waals surface area contributed by atoms with Gasteiger partial charge in [-0.15, -0.1) is 0 Å². The fourth-order valence-corrected chi connectivity index (χ4v) is 3.03. The molecule has 5 nitrogen and oxygen atoms in total. The average Bonchev–Trinajstić information content (AvgIpc) is 3.11. The Bertz CT molecular complexity index is 630. The number of carbonyl (C=O) groups is 1. The van der Waals surface area contributed by atoms with Crippen molar-refractivity contribution in [3.8, 4) is 11.8 Å². The van der Waals surface area contributed by atoms with Gasteiger partial charge in [0.25, 0.3) is 5.91 Å². The SMILES string of the molecule is CCCOC1(C(=O)Nc2ccc(O[C@H](C)CC)cc2C#N)CCCC1. The zero-order valence-electron chi connectivity index (χ0n) is 15.4. The molecule has 0 bridgehead atoms. The quantitative estimate of drug-likeness (QED) is 0.758. The number of nitrogens with one attached hydrogen (secondary N) is 1. The largest absolute Gasteiger partial charge is 0.491 e. The van der Waals surface area contributed by atoms with Crippen molar-refractivity contribution in [2.24, 2.45) is 0 Å². The molecular weight excluding hydrogens is 316 g/mol. The normalized spacial score (nSPS) is 16.9. The highest BCUT2D eigenvalue weighted by atomic mass is 16.5. The molecule has 1 aromatic rings. The van der Waals surface area contributed by atoms with Crippen LogP contribution in [0.2, 0.25) is 0 Å². The molecule has 1 saturated carbocycles. The monoisotopic (exact) mass is 344 g/mol. The van der Waals surface area contributed by atoms with Gasteiger partial charge in [-0.1, -0.05) is 13.8 Å². The summed E-state index contributed by atoms with van der Waals surface area (Å²) in [5, 5.41) is 12.3. The van der Waals surface area contributed by atoms with Crippen LogP contribution in [0.25, 0.3) is 0 Å². The lowest BCUT2D eigenvalue weighted by Gasteiger charge is -2.28. The Balaban J connectivity index is 2.15. The first-order valence-electron chi connectivity index (χ1n) is 9.21. The molecule has 1 atom stereocenters. The van der Waals surface area contributed by atoms with Gasteiger partial charge < -0.3 is 14.8 Å². The van der Waals surface area contributed by atoms with Gasteiger partial charge in [-0.05, 0) is 57.6 Å². The summed E-state index contributed by atoms with van der Waals surface area (Å²) >= 11 is 0. The van der Waals surface area contributed by atoms with Crippen molar-refractivity contribution in [2.75, 3.05) is 11.9 Å². The molecule has 1 N–H and O–H groups in total. The van der Waals surface area contributed by atoms with E-state index in [9.17, 15) is 10.1 Å². The zero-order valence-corrected chi connectivity index (χ0v) is 15.4. The molecular formula is C20H28N2O3. The maximum atomic E-state index is 12.8. The standard InChI is InChI=1S/C20H28N2O3/c1-4-12-24-20(10-6-7-11-20)19(23)22-18-9-8-17(13-16(18)14-21)25-15(3)5-2/h8-9,13,15H,4-7,10-12H2,1-3H3,(H,22,23)/t15-/m1/s1. The van der Waals surface area contributed by atoms with E-state index in [0.29, 0.717) is 23.6 Å². The molecule has 5 heteroatoms. The van der Waals surface area contributed by atoms with E-state index in [4.69, 9.17) is 9.47 Å². The van der Waals surface area contributed by atoms with Crippen LogP contribution in [0.15, 0.2) is 18.2 Å². The van der Waals surface area contributed by atoms with E-state index in [1.807, 2.05) is 20.8 Å². The van der Waals surface area contributed by atoms with Crippen molar-refractivity contribution in [1.29, 1.82) is 5.26 Å². The van der Waals surface area contributed by atoms with Crippen molar-refractivity contribution in [3.63, 3.8) is 0 Å². The topological polar surface area (TPSA) is 71.3 Å². The number of amides is 1. The predicted molar refractivity (Wildman–Crippen MR) is 97.6 cm³/mol. The lowest BCUT2D eigenvalue weighted by Crippen LogP contribution is -2.43. The van der Waals surface area contributed by atoms with Crippen molar-refractivity contribution < 1.29 is 14.3 Å². The van der Waals surface area contributed by atoms with Crippen LogP contribution in [0, 0.1) is 11.3 Å². The second kappa shape index (κ2) is 8.87. The molecule has 0 heterocycles. The molecule has 0 saturated heterocycles. The van der Waals surface area contributed by atoms with Gasteiger partial charge in [0.15, 0.2) is 0 Å². The summed E-state index contributed by atoms with van der Waals surface area (Å²) in [5.74, 6) is 0.493. The minimum absolute atomic E-state index is 0.0798. The minimum Gasteiger partial charge on any atom is -0.491 e. The molecule has 2 rings (SSSR count). The van der Waals surface area contributed by atoms with Crippen molar-refractivity contribution in [2.45, 2.75) is 71.0 Å². The van der Waals surface area contributed by atoms with Gasteiger partial charge in [0.05, 0.1) is 17.4 Å². The molecule has 1 fully saturated rings. The third-order valence-electron chi connectivity index (χ3n) is 4.68. The Morgan fingerprint density at radius 1 is 1.36 bits per heavy atom. The third kappa shape index (κ3) is 4.73. The van der Waals surface area contributed by atoms with Gasteiger partial charge in [0, 0.05) is 12.7 Å². The molecule has 25 heavy (non-hydrogen) atoms. The zero-order chi connectivity index (χ0) is 18.3. The Morgan fingerprint density at radius 2 is 2.08 bits per heavy atom. The number of carbonyl (C=O) groups excluding carboxylic acids is 1. The maximum absolute atomic E-state index is 12.8. The summed E-state index contributed by atoms with van der Waals surface area (Å²) in [6.07, 6.45) is 5.29. The summed E-state index contributed by atoms with van der Waals surface area (Å²) < 4.78 is 11.7. The number of anilines is 1. The molecule has 0 unspecified atom stereocenters. The van der Waals surface area contributed by atoms with Crippen LogP contribution in [-0.2, 0) is 9.53 Å². The molecule has 1 aliphatic carbocycles. The van der Waals surface area contributed by atoms with E-state index in [1.165, 1.54) is 0 Å². The van der Waals surface area contributed by atoms with Gasteiger partial charge in [-0.25, -0.2) is 0 Å². The number of benzene rings is 1. The van der Waals surface area contributed by atoms with Gasteiger partial charge in [-0.3, -0.25) is 4.79 Å². The predicted octanol–water partition coefficient (Wildman–Crippen LogP) is 4.41. The number of hydrogen-bond acceptors (Lipinski definition) is 4. The third-order valence-corrected chi connectivity index (χ3v) is 4.68. The number of rotatable bonds is 8. The molecule has 1 aromatic carbocycles. The summed E-state index contributed by atoms with van der Waals surface area (Å²) in [5.41, 5.74) is 0.155.